The van der Waals surface area contributed by atoms with Crippen LogP contribution in [-0.4, -0.2) is 29.4 Å². The number of nitriles is 1. The summed E-state index contributed by atoms with van der Waals surface area (Å²) in [4.78, 5) is 2.05. The number of anilines is 1. The molecule has 96 valence electrons. The highest BCUT2D eigenvalue weighted by molar-refractivity contribution is 5.58. The lowest BCUT2D eigenvalue weighted by Crippen LogP contribution is -2.38. The monoisotopic (exact) mass is 246 g/mol. The molecule has 0 saturated carbocycles. The second kappa shape index (κ2) is 5.38. The normalized spacial score (nSPS) is 21.4. The number of benzene rings is 1. The van der Waals surface area contributed by atoms with Gasteiger partial charge >= 0.3 is 0 Å². The molecule has 2 atom stereocenters. The van der Waals surface area contributed by atoms with E-state index in [2.05, 4.69) is 11.0 Å². The molecule has 2 rings (SSSR count). The lowest BCUT2D eigenvalue weighted by atomic mass is 10.0. The van der Waals surface area contributed by atoms with Crippen LogP contribution in [0.5, 0.6) is 0 Å². The predicted molar refractivity (Wildman–Crippen MR) is 69.2 cm³/mol. The van der Waals surface area contributed by atoms with Crippen molar-refractivity contribution in [1.29, 1.82) is 5.26 Å². The average Bonchev–Trinajstić information content (AvgIpc) is 2.38. The van der Waals surface area contributed by atoms with E-state index < -0.39 is 6.10 Å². The Hall–Kier alpha value is -1.57. The molecule has 1 unspecified atom stereocenters. The van der Waals surface area contributed by atoms with Gasteiger partial charge in [-0.2, -0.15) is 5.26 Å². The van der Waals surface area contributed by atoms with E-state index in [1.54, 1.807) is 25.1 Å². The molecule has 0 aliphatic carbocycles. The third-order valence-electron chi connectivity index (χ3n) is 3.35. The zero-order valence-corrected chi connectivity index (χ0v) is 10.5. The van der Waals surface area contributed by atoms with E-state index in [0.717, 1.165) is 30.6 Å². The number of hydrogen-bond acceptors (Lipinski definition) is 4. The third-order valence-corrected chi connectivity index (χ3v) is 3.35. The van der Waals surface area contributed by atoms with Crippen LogP contribution in [0.15, 0.2) is 18.2 Å². The first-order chi connectivity index (χ1) is 8.61. The molecule has 1 aliphatic heterocycles. The first kappa shape index (κ1) is 12.9. The number of rotatable bonds is 2. The van der Waals surface area contributed by atoms with Crippen LogP contribution in [0.3, 0.4) is 0 Å². The van der Waals surface area contributed by atoms with Gasteiger partial charge in [-0.1, -0.05) is 6.07 Å². The summed E-state index contributed by atoms with van der Waals surface area (Å²) in [5.41, 5.74) is 2.25. The molecular formula is C14H18N2O2. The van der Waals surface area contributed by atoms with Gasteiger partial charge in [0.25, 0.3) is 0 Å². The summed E-state index contributed by atoms with van der Waals surface area (Å²) < 4.78 is 0. The fourth-order valence-corrected chi connectivity index (χ4v) is 2.41. The van der Waals surface area contributed by atoms with Crippen molar-refractivity contribution in [2.45, 2.75) is 32.0 Å². The van der Waals surface area contributed by atoms with Gasteiger partial charge in [-0.05, 0) is 31.9 Å². The Balaban J connectivity index is 2.37. The van der Waals surface area contributed by atoms with Crippen LogP contribution in [0.2, 0.25) is 0 Å². The molecule has 2 N–H and O–H groups in total. The summed E-state index contributed by atoms with van der Waals surface area (Å²) in [6, 6.07) is 7.41. The van der Waals surface area contributed by atoms with Gasteiger partial charge in [0, 0.05) is 24.3 Å². The van der Waals surface area contributed by atoms with Crippen LogP contribution in [0.4, 0.5) is 5.69 Å². The minimum atomic E-state index is -0.577. The van der Waals surface area contributed by atoms with Crippen LogP contribution in [0.25, 0.3) is 0 Å². The number of nitrogens with zero attached hydrogens (tertiary/aromatic N) is 2. The van der Waals surface area contributed by atoms with E-state index in [1.807, 2.05) is 0 Å². The number of piperidine rings is 1. The van der Waals surface area contributed by atoms with Crippen LogP contribution in [0, 0.1) is 11.3 Å². The minimum Gasteiger partial charge on any atom is -0.391 e. The van der Waals surface area contributed by atoms with E-state index in [-0.39, 0.29) is 6.10 Å². The molecule has 0 amide bonds. The summed E-state index contributed by atoms with van der Waals surface area (Å²) >= 11 is 0. The molecule has 4 nitrogen and oxygen atoms in total. The highest BCUT2D eigenvalue weighted by atomic mass is 16.3. The number of hydrogen-bond donors (Lipinski definition) is 2. The zero-order valence-electron chi connectivity index (χ0n) is 10.5. The van der Waals surface area contributed by atoms with Gasteiger partial charge in [-0.25, -0.2) is 0 Å². The summed E-state index contributed by atoms with van der Waals surface area (Å²) in [6.07, 6.45) is 0.841. The van der Waals surface area contributed by atoms with Crippen molar-refractivity contribution in [2.75, 3.05) is 18.0 Å². The van der Waals surface area contributed by atoms with Gasteiger partial charge in [-0.3, -0.25) is 0 Å². The van der Waals surface area contributed by atoms with E-state index in [0.29, 0.717) is 12.1 Å². The SMILES string of the molecule is C[C@H](O)c1ccc(C#N)cc1N1CCCC(O)C1. The van der Waals surface area contributed by atoms with E-state index in [9.17, 15) is 10.2 Å². The van der Waals surface area contributed by atoms with Gasteiger partial charge in [-0.15, -0.1) is 0 Å². The Morgan fingerprint density at radius 1 is 1.50 bits per heavy atom. The summed E-state index contributed by atoms with van der Waals surface area (Å²) in [7, 11) is 0. The minimum absolute atomic E-state index is 0.327. The van der Waals surface area contributed by atoms with Gasteiger partial charge in [0.15, 0.2) is 0 Å². The van der Waals surface area contributed by atoms with Crippen molar-refractivity contribution in [3.63, 3.8) is 0 Å². The third kappa shape index (κ3) is 2.63. The lowest BCUT2D eigenvalue weighted by Gasteiger charge is -2.34. The van der Waals surface area contributed by atoms with E-state index in [1.165, 1.54) is 0 Å². The molecule has 1 aromatic carbocycles. The first-order valence-corrected chi connectivity index (χ1v) is 6.27. The Kier molecular flexibility index (Phi) is 3.85. The molecule has 0 spiro atoms. The van der Waals surface area contributed by atoms with Crippen molar-refractivity contribution in [1.82, 2.24) is 0 Å². The summed E-state index contributed by atoms with van der Waals surface area (Å²) in [6.45, 7) is 3.13. The Labute approximate surface area is 107 Å². The van der Waals surface area contributed by atoms with Gasteiger partial charge in [0.05, 0.1) is 23.8 Å². The molecule has 1 aromatic rings. The van der Waals surface area contributed by atoms with E-state index >= 15 is 0 Å². The zero-order chi connectivity index (χ0) is 13.1. The van der Waals surface area contributed by atoms with Crippen molar-refractivity contribution in [2.24, 2.45) is 0 Å². The maximum Gasteiger partial charge on any atom is 0.0992 e. The maximum atomic E-state index is 9.79. The van der Waals surface area contributed by atoms with Crippen LogP contribution >= 0.6 is 0 Å². The quantitative estimate of drug-likeness (QED) is 0.831. The van der Waals surface area contributed by atoms with Crippen LogP contribution in [-0.2, 0) is 0 Å². The fourth-order valence-electron chi connectivity index (χ4n) is 2.41. The Morgan fingerprint density at radius 2 is 2.28 bits per heavy atom. The largest absolute Gasteiger partial charge is 0.391 e. The second-order valence-corrected chi connectivity index (χ2v) is 4.80. The molecule has 1 fully saturated rings. The van der Waals surface area contributed by atoms with Crippen molar-refractivity contribution >= 4 is 5.69 Å². The highest BCUT2D eigenvalue weighted by Gasteiger charge is 2.21. The molecule has 1 heterocycles. The predicted octanol–water partition coefficient (Wildman–Crippen LogP) is 1.57. The molecule has 1 saturated heterocycles. The summed E-state index contributed by atoms with van der Waals surface area (Å²) in [5.74, 6) is 0. The first-order valence-electron chi connectivity index (χ1n) is 6.27. The van der Waals surface area contributed by atoms with Gasteiger partial charge in [0.2, 0.25) is 0 Å². The van der Waals surface area contributed by atoms with Gasteiger partial charge in [0.1, 0.15) is 0 Å². The smallest absolute Gasteiger partial charge is 0.0992 e. The van der Waals surface area contributed by atoms with Gasteiger partial charge < -0.3 is 15.1 Å². The van der Waals surface area contributed by atoms with Crippen molar-refractivity contribution in [3.8, 4) is 6.07 Å². The highest BCUT2D eigenvalue weighted by Crippen LogP contribution is 2.29. The second-order valence-electron chi connectivity index (χ2n) is 4.80. The molecule has 4 heteroatoms. The molecule has 0 radical (unpaired) electrons. The fraction of sp³-hybridized carbons (Fsp3) is 0.500. The van der Waals surface area contributed by atoms with Crippen molar-refractivity contribution < 1.29 is 10.2 Å². The molecular weight excluding hydrogens is 228 g/mol. The average molecular weight is 246 g/mol. The number of aliphatic hydroxyl groups excluding tert-OH is 2. The lowest BCUT2D eigenvalue weighted by molar-refractivity contribution is 0.153. The standard InChI is InChI=1S/C14H18N2O2/c1-10(17)13-5-4-11(8-15)7-14(13)16-6-2-3-12(18)9-16/h4-5,7,10,12,17-18H,2-3,6,9H2,1H3/t10-,12?/m0/s1. The maximum absolute atomic E-state index is 9.79. The van der Waals surface area contributed by atoms with E-state index in [4.69, 9.17) is 5.26 Å². The van der Waals surface area contributed by atoms with Crippen LogP contribution < -0.4 is 4.90 Å². The topological polar surface area (TPSA) is 67.5 Å². The van der Waals surface area contributed by atoms with Crippen LogP contribution in [0.1, 0.15) is 37.0 Å². The molecule has 1 aliphatic rings. The number of β-amino-alcohol motifs (C(OH)–C–C–N with tert-alkyl or cyclic N) is 1. The molecule has 18 heavy (non-hydrogen) atoms. The molecule has 0 bridgehead atoms. The summed E-state index contributed by atoms with van der Waals surface area (Å²) in [5, 5.41) is 28.5. The Bertz CT molecular complexity index is 465. The number of aliphatic hydroxyl groups is 2. The molecule has 0 aromatic heterocycles. The Morgan fingerprint density at radius 3 is 2.89 bits per heavy atom. The van der Waals surface area contributed by atoms with Crippen molar-refractivity contribution in [3.05, 3.63) is 29.3 Å².